The predicted molar refractivity (Wildman–Crippen MR) is 289 cm³/mol. The van der Waals surface area contributed by atoms with E-state index in [1.165, 1.54) is 231 Å². The van der Waals surface area contributed by atoms with Crippen LogP contribution in [0.4, 0.5) is 0 Å². The van der Waals surface area contributed by atoms with Crippen LogP contribution in [0, 0.1) is 11.8 Å². The summed E-state index contributed by atoms with van der Waals surface area (Å²) in [5.74, 6) is 0.858. The molecule has 398 valence electrons. The molecular formula is C61H118O6. The molecule has 0 aliphatic rings. The molecule has 6 nitrogen and oxygen atoms in total. The van der Waals surface area contributed by atoms with Crippen molar-refractivity contribution in [2.45, 2.75) is 349 Å². The van der Waals surface area contributed by atoms with Gasteiger partial charge >= 0.3 is 17.9 Å². The highest BCUT2D eigenvalue weighted by atomic mass is 16.6. The van der Waals surface area contributed by atoms with Crippen LogP contribution in [0.15, 0.2) is 0 Å². The minimum Gasteiger partial charge on any atom is -0.462 e. The lowest BCUT2D eigenvalue weighted by atomic mass is 10.0. The van der Waals surface area contributed by atoms with Gasteiger partial charge in [-0.2, -0.15) is 0 Å². The Hall–Kier alpha value is -1.59. The molecule has 0 aliphatic heterocycles. The van der Waals surface area contributed by atoms with Crippen LogP contribution in [0.2, 0.25) is 0 Å². The van der Waals surface area contributed by atoms with Crippen molar-refractivity contribution in [1.29, 1.82) is 0 Å². The fourth-order valence-corrected chi connectivity index (χ4v) is 9.40. The second kappa shape index (κ2) is 53.8. The summed E-state index contributed by atoms with van der Waals surface area (Å²) in [7, 11) is 0. The largest absolute Gasteiger partial charge is 0.462 e. The smallest absolute Gasteiger partial charge is 0.306 e. The lowest BCUT2D eigenvalue weighted by molar-refractivity contribution is -0.167. The first-order valence-corrected chi connectivity index (χ1v) is 30.2. The van der Waals surface area contributed by atoms with Gasteiger partial charge < -0.3 is 14.2 Å². The maximum Gasteiger partial charge on any atom is 0.306 e. The second-order valence-corrected chi connectivity index (χ2v) is 21.9. The van der Waals surface area contributed by atoms with Crippen molar-refractivity contribution in [2.75, 3.05) is 13.2 Å². The summed E-state index contributed by atoms with van der Waals surface area (Å²) in [5, 5.41) is 0. The van der Waals surface area contributed by atoms with E-state index in [0.717, 1.165) is 69.6 Å². The van der Waals surface area contributed by atoms with Crippen LogP contribution in [0.3, 0.4) is 0 Å². The molecule has 0 aliphatic carbocycles. The Morgan fingerprint density at radius 2 is 0.493 bits per heavy atom. The standard InChI is InChI=1S/C61H118O6/c1-6-7-8-9-10-11-12-13-21-26-31-36-41-46-51-59(62)65-54-58(55-66-60(63)52-47-42-37-32-27-22-18-17-20-25-30-35-40-45-50-57(4)5)67-61(64)53-48-43-38-33-28-23-16-14-15-19-24-29-34-39-44-49-56(2)3/h56-58H,6-55H2,1-5H3/t58-/m0/s1. The summed E-state index contributed by atoms with van der Waals surface area (Å²) in [5.41, 5.74) is 0. The Bertz CT molecular complexity index is 1020. The van der Waals surface area contributed by atoms with Gasteiger partial charge in [0.05, 0.1) is 0 Å². The Kier molecular flexibility index (Phi) is 52.5. The zero-order chi connectivity index (χ0) is 48.9. The number of carbonyl (C=O) groups is 3. The molecule has 0 aromatic heterocycles. The summed E-state index contributed by atoms with van der Waals surface area (Å²) in [4.78, 5) is 38.2. The van der Waals surface area contributed by atoms with Gasteiger partial charge in [-0.25, -0.2) is 0 Å². The van der Waals surface area contributed by atoms with E-state index in [9.17, 15) is 14.4 Å². The molecule has 0 radical (unpaired) electrons. The third kappa shape index (κ3) is 55.2. The van der Waals surface area contributed by atoms with E-state index in [1.807, 2.05) is 0 Å². The molecule has 0 bridgehead atoms. The minimum absolute atomic E-state index is 0.0622. The molecule has 0 saturated heterocycles. The number of ether oxygens (including phenoxy) is 3. The van der Waals surface area contributed by atoms with Crippen LogP contribution in [-0.2, 0) is 28.6 Å². The van der Waals surface area contributed by atoms with Crippen molar-refractivity contribution in [3.63, 3.8) is 0 Å². The summed E-state index contributed by atoms with van der Waals surface area (Å²) >= 11 is 0. The van der Waals surface area contributed by atoms with Crippen LogP contribution in [0.1, 0.15) is 343 Å². The average molecular weight is 948 g/mol. The molecule has 67 heavy (non-hydrogen) atoms. The number of unbranched alkanes of at least 4 members (excludes halogenated alkanes) is 40. The van der Waals surface area contributed by atoms with E-state index in [1.54, 1.807) is 0 Å². The Morgan fingerprint density at radius 3 is 0.731 bits per heavy atom. The zero-order valence-corrected chi connectivity index (χ0v) is 46.0. The van der Waals surface area contributed by atoms with Gasteiger partial charge in [0.2, 0.25) is 0 Å². The summed E-state index contributed by atoms with van der Waals surface area (Å²) in [6.45, 7) is 11.4. The van der Waals surface area contributed by atoms with Crippen LogP contribution in [-0.4, -0.2) is 37.2 Å². The van der Waals surface area contributed by atoms with E-state index in [-0.39, 0.29) is 31.1 Å². The van der Waals surface area contributed by atoms with E-state index >= 15 is 0 Å². The van der Waals surface area contributed by atoms with E-state index < -0.39 is 6.10 Å². The molecule has 0 spiro atoms. The Labute approximate surface area is 418 Å². The number of carbonyl (C=O) groups excluding carboxylic acids is 3. The first-order valence-electron chi connectivity index (χ1n) is 30.2. The fourth-order valence-electron chi connectivity index (χ4n) is 9.40. The van der Waals surface area contributed by atoms with Gasteiger partial charge in [-0.15, -0.1) is 0 Å². The molecule has 0 saturated carbocycles. The summed E-state index contributed by atoms with van der Waals surface area (Å²) in [6.07, 6.45) is 58.1. The van der Waals surface area contributed by atoms with Crippen LogP contribution in [0.5, 0.6) is 0 Å². The van der Waals surface area contributed by atoms with Crippen molar-refractivity contribution in [1.82, 2.24) is 0 Å². The van der Waals surface area contributed by atoms with Gasteiger partial charge in [0.25, 0.3) is 0 Å². The first-order chi connectivity index (χ1) is 32.7. The van der Waals surface area contributed by atoms with Crippen molar-refractivity contribution in [3.8, 4) is 0 Å². The van der Waals surface area contributed by atoms with Gasteiger partial charge in [-0.05, 0) is 31.1 Å². The van der Waals surface area contributed by atoms with Gasteiger partial charge in [0, 0.05) is 19.3 Å². The topological polar surface area (TPSA) is 78.9 Å². The molecule has 0 N–H and O–H groups in total. The lowest BCUT2D eigenvalue weighted by Crippen LogP contribution is -2.30. The second-order valence-electron chi connectivity index (χ2n) is 21.9. The average Bonchev–Trinajstić information content (AvgIpc) is 3.30. The molecule has 0 fully saturated rings. The van der Waals surface area contributed by atoms with Crippen LogP contribution >= 0.6 is 0 Å². The molecule has 0 aromatic carbocycles. The molecule has 6 heteroatoms. The number of hydrogen-bond acceptors (Lipinski definition) is 6. The van der Waals surface area contributed by atoms with E-state index in [4.69, 9.17) is 14.2 Å². The Balaban J connectivity index is 4.29. The van der Waals surface area contributed by atoms with Crippen LogP contribution < -0.4 is 0 Å². The number of esters is 3. The third-order valence-electron chi connectivity index (χ3n) is 14.0. The normalized spacial score (nSPS) is 12.0. The SMILES string of the molecule is CCCCCCCCCCCCCCCCC(=O)OC[C@@H](COC(=O)CCCCCCCCCCCCCCCCC(C)C)OC(=O)CCCCCCCCCCCCCCCCCC(C)C. The molecule has 0 heterocycles. The first kappa shape index (κ1) is 65.4. The van der Waals surface area contributed by atoms with Gasteiger partial charge in [0.15, 0.2) is 6.10 Å². The third-order valence-corrected chi connectivity index (χ3v) is 14.0. The molecule has 1 atom stereocenters. The highest BCUT2D eigenvalue weighted by Crippen LogP contribution is 2.18. The van der Waals surface area contributed by atoms with E-state index in [2.05, 4.69) is 34.6 Å². The lowest BCUT2D eigenvalue weighted by Gasteiger charge is -2.18. The van der Waals surface area contributed by atoms with Crippen molar-refractivity contribution >= 4 is 17.9 Å². The maximum atomic E-state index is 12.9. The highest BCUT2D eigenvalue weighted by molar-refractivity contribution is 5.71. The monoisotopic (exact) mass is 947 g/mol. The van der Waals surface area contributed by atoms with Gasteiger partial charge in [0.1, 0.15) is 13.2 Å². The van der Waals surface area contributed by atoms with E-state index in [0.29, 0.717) is 19.3 Å². The molecule has 0 aromatic rings. The van der Waals surface area contributed by atoms with Crippen molar-refractivity contribution in [2.24, 2.45) is 11.8 Å². The highest BCUT2D eigenvalue weighted by Gasteiger charge is 2.19. The van der Waals surface area contributed by atoms with Crippen molar-refractivity contribution in [3.05, 3.63) is 0 Å². The summed E-state index contributed by atoms with van der Waals surface area (Å²) in [6, 6.07) is 0. The zero-order valence-electron chi connectivity index (χ0n) is 46.0. The number of hydrogen-bond donors (Lipinski definition) is 0. The molecule has 0 rings (SSSR count). The molecular weight excluding hydrogens is 829 g/mol. The van der Waals surface area contributed by atoms with Crippen molar-refractivity contribution < 1.29 is 28.6 Å². The quantitative estimate of drug-likeness (QED) is 0.0343. The summed E-state index contributed by atoms with van der Waals surface area (Å²) < 4.78 is 16.9. The van der Waals surface area contributed by atoms with Crippen LogP contribution in [0.25, 0.3) is 0 Å². The van der Waals surface area contributed by atoms with Gasteiger partial charge in [-0.3, -0.25) is 14.4 Å². The Morgan fingerprint density at radius 1 is 0.284 bits per heavy atom. The fraction of sp³-hybridized carbons (Fsp3) is 0.951. The minimum atomic E-state index is -0.763. The maximum absolute atomic E-state index is 12.9. The van der Waals surface area contributed by atoms with Gasteiger partial charge in [-0.1, -0.05) is 304 Å². The number of rotatable bonds is 55. The molecule has 0 amide bonds. The predicted octanol–water partition coefficient (Wildman–Crippen LogP) is 20.0. The molecule has 0 unspecified atom stereocenters.